The maximum atomic E-state index is 13.9. The summed E-state index contributed by atoms with van der Waals surface area (Å²) in [5, 5.41) is 3.34. The van der Waals surface area contributed by atoms with E-state index in [9.17, 15) is 22.4 Å². The SMILES string of the molecule is O=C(Nc1ccc(F)cc1)c1cc(-c2cccn3c(-c4ccnc5ccccc45)ncc23)ccc1C(F)(F)F. The van der Waals surface area contributed by atoms with Crippen LogP contribution in [0, 0.1) is 5.82 Å². The van der Waals surface area contributed by atoms with Crippen LogP contribution in [0.3, 0.4) is 0 Å². The van der Waals surface area contributed by atoms with Crippen LogP contribution in [0.4, 0.5) is 23.2 Å². The van der Waals surface area contributed by atoms with E-state index in [1.165, 1.54) is 24.3 Å². The number of nitrogens with zero attached hydrogens (tertiary/aromatic N) is 3. The molecule has 0 aliphatic rings. The molecule has 6 aromatic rings. The van der Waals surface area contributed by atoms with Gasteiger partial charge in [-0.15, -0.1) is 0 Å². The van der Waals surface area contributed by atoms with Gasteiger partial charge < -0.3 is 5.32 Å². The number of nitrogens with one attached hydrogen (secondary N) is 1. The second-order valence-corrected chi connectivity index (χ2v) is 8.85. The first kappa shape index (κ1) is 24.3. The minimum atomic E-state index is -4.76. The van der Waals surface area contributed by atoms with E-state index in [2.05, 4.69) is 15.3 Å². The van der Waals surface area contributed by atoms with Gasteiger partial charge in [-0.05, 0) is 60.2 Å². The Kier molecular flexibility index (Phi) is 5.83. The summed E-state index contributed by atoms with van der Waals surface area (Å²) in [7, 11) is 0. The van der Waals surface area contributed by atoms with Gasteiger partial charge in [-0.3, -0.25) is 14.2 Å². The Balaban J connectivity index is 1.46. The maximum absolute atomic E-state index is 13.9. The fraction of sp³-hybridized carbons (Fsp3) is 0.0333. The van der Waals surface area contributed by atoms with Crippen molar-refractivity contribution in [1.82, 2.24) is 14.4 Å². The quantitative estimate of drug-likeness (QED) is 0.240. The molecule has 5 nitrogen and oxygen atoms in total. The predicted molar refractivity (Wildman–Crippen MR) is 141 cm³/mol. The molecule has 3 aromatic carbocycles. The number of rotatable bonds is 4. The molecule has 6 rings (SSSR count). The maximum Gasteiger partial charge on any atom is 0.417 e. The first-order chi connectivity index (χ1) is 18.8. The summed E-state index contributed by atoms with van der Waals surface area (Å²) in [4.78, 5) is 22.0. The Morgan fingerprint density at radius 2 is 1.64 bits per heavy atom. The zero-order valence-corrected chi connectivity index (χ0v) is 20.1. The molecule has 0 unspecified atom stereocenters. The Hall–Kier alpha value is -5.05. The fourth-order valence-corrected chi connectivity index (χ4v) is 4.63. The minimum absolute atomic E-state index is 0.173. The number of carbonyl (C=O) groups is 1. The number of anilines is 1. The number of para-hydroxylation sites is 1. The highest BCUT2D eigenvalue weighted by atomic mass is 19.4. The average Bonchev–Trinajstić information content (AvgIpc) is 3.37. The molecule has 0 saturated carbocycles. The lowest BCUT2D eigenvalue weighted by Crippen LogP contribution is -2.19. The van der Waals surface area contributed by atoms with Crippen LogP contribution < -0.4 is 5.32 Å². The minimum Gasteiger partial charge on any atom is -0.322 e. The Labute approximate surface area is 219 Å². The highest BCUT2D eigenvalue weighted by Crippen LogP contribution is 2.37. The van der Waals surface area contributed by atoms with E-state index >= 15 is 0 Å². The molecule has 0 atom stereocenters. The van der Waals surface area contributed by atoms with Gasteiger partial charge in [-0.2, -0.15) is 13.2 Å². The molecule has 1 amide bonds. The molecule has 192 valence electrons. The number of hydrogen-bond donors (Lipinski definition) is 1. The lowest BCUT2D eigenvalue weighted by molar-refractivity contribution is -0.137. The third-order valence-electron chi connectivity index (χ3n) is 6.44. The van der Waals surface area contributed by atoms with Gasteiger partial charge in [0.1, 0.15) is 11.6 Å². The van der Waals surface area contributed by atoms with Gasteiger partial charge in [0, 0.05) is 34.6 Å². The lowest BCUT2D eigenvalue weighted by Gasteiger charge is -2.15. The first-order valence-corrected chi connectivity index (χ1v) is 11.9. The van der Waals surface area contributed by atoms with Crippen molar-refractivity contribution < 1.29 is 22.4 Å². The average molecular weight is 526 g/mol. The normalized spacial score (nSPS) is 11.7. The number of halogens is 4. The molecule has 39 heavy (non-hydrogen) atoms. The Morgan fingerprint density at radius 1 is 0.846 bits per heavy atom. The van der Waals surface area contributed by atoms with Gasteiger partial charge in [0.25, 0.3) is 5.91 Å². The van der Waals surface area contributed by atoms with E-state index in [0.717, 1.165) is 34.7 Å². The van der Waals surface area contributed by atoms with Crippen molar-refractivity contribution in [3.05, 3.63) is 120 Å². The zero-order valence-electron chi connectivity index (χ0n) is 20.1. The summed E-state index contributed by atoms with van der Waals surface area (Å²) in [5.74, 6) is -0.842. The molecule has 1 N–H and O–H groups in total. The number of imidazole rings is 1. The summed E-state index contributed by atoms with van der Waals surface area (Å²) in [6.45, 7) is 0. The van der Waals surface area contributed by atoms with Crippen LogP contribution in [-0.2, 0) is 6.18 Å². The Morgan fingerprint density at radius 3 is 2.44 bits per heavy atom. The lowest BCUT2D eigenvalue weighted by atomic mass is 9.98. The van der Waals surface area contributed by atoms with Crippen LogP contribution in [0.2, 0.25) is 0 Å². The second kappa shape index (κ2) is 9.36. The van der Waals surface area contributed by atoms with Crippen molar-refractivity contribution in [2.45, 2.75) is 6.18 Å². The van der Waals surface area contributed by atoms with Crippen LogP contribution in [0.25, 0.3) is 38.9 Å². The third kappa shape index (κ3) is 4.48. The molecule has 0 radical (unpaired) electrons. The van der Waals surface area contributed by atoms with Crippen LogP contribution in [-0.4, -0.2) is 20.3 Å². The van der Waals surface area contributed by atoms with Gasteiger partial charge in [0.2, 0.25) is 0 Å². The molecule has 0 spiro atoms. The predicted octanol–water partition coefficient (Wildman–Crippen LogP) is 7.63. The number of alkyl halides is 3. The van der Waals surface area contributed by atoms with Crippen molar-refractivity contribution in [3.8, 4) is 22.5 Å². The standard InChI is InChI=1S/C30H18F4N4O/c31-19-8-10-20(11-9-19)37-29(39)24-16-18(7-12-25(24)30(32,33)34)21-5-3-15-38-27(21)17-36-28(38)23-13-14-35-26-6-2-1-4-22(23)26/h1-17H,(H,37,39). The van der Waals surface area contributed by atoms with Gasteiger partial charge in [0.05, 0.1) is 28.4 Å². The van der Waals surface area contributed by atoms with Gasteiger partial charge >= 0.3 is 6.18 Å². The molecule has 0 aliphatic heterocycles. The van der Waals surface area contributed by atoms with E-state index in [0.29, 0.717) is 22.5 Å². The fourth-order valence-electron chi connectivity index (χ4n) is 4.63. The van der Waals surface area contributed by atoms with E-state index in [1.807, 2.05) is 40.9 Å². The second-order valence-electron chi connectivity index (χ2n) is 8.85. The molecule has 3 aromatic heterocycles. The number of benzene rings is 3. The zero-order chi connectivity index (χ0) is 27.1. The van der Waals surface area contributed by atoms with Gasteiger partial charge in [-0.25, -0.2) is 9.37 Å². The van der Waals surface area contributed by atoms with Gasteiger partial charge in [-0.1, -0.05) is 30.3 Å². The summed E-state index contributed by atoms with van der Waals surface area (Å²) >= 11 is 0. The van der Waals surface area contributed by atoms with E-state index in [4.69, 9.17) is 0 Å². The van der Waals surface area contributed by atoms with Crippen molar-refractivity contribution in [2.75, 3.05) is 5.32 Å². The van der Waals surface area contributed by atoms with Crippen molar-refractivity contribution >= 4 is 28.0 Å². The summed E-state index contributed by atoms with van der Waals surface area (Å²) in [6.07, 6.45) is 0.412. The van der Waals surface area contributed by atoms with E-state index in [1.54, 1.807) is 24.5 Å². The number of pyridine rings is 2. The molecule has 0 saturated heterocycles. The Bertz CT molecular complexity index is 1850. The number of amides is 1. The molecule has 0 fully saturated rings. The number of fused-ring (bicyclic) bond motifs is 2. The molecular formula is C30H18F4N4O. The van der Waals surface area contributed by atoms with Crippen molar-refractivity contribution in [1.29, 1.82) is 0 Å². The number of hydrogen-bond acceptors (Lipinski definition) is 3. The van der Waals surface area contributed by atoms with Crippen LogP contribution in [0.5, 0.6) is 0 Å². The topological polar surface area (TPSA) is 59.3 Å². The smallest absolute Gasteiger partial charge is 0.322 e. The van der Waals surface area contributed by atoms with Crippen LogP contribution >= 0.6 is 0 Å². The summed E-state index contributed by atoms with van der Waals surface area (Å²) < 4.78 is 56.7. The van der Waals surface area contributed by atoms with E-state index in [-0.39, 0.29) is 5.69 Å². The van der Waals surface area contributed by atoms with Crippen LogP contribution in [0.1, 0.15) is 15.9 Å². The number of aromatic nitrogens is 3. The largest absolute Gasteiger partial charge is 0.417 e. The third-order valence-corrected chi connectivity index (χ3v) is 6.44. The van der Waals surface area contributed by atoms with Crippen molar-refractivity contribution in [2.24, 2.45) is 0 Å². The summed E-state index contributed by atoms with van der Waals surface area (Å²) in [5.41, 5.74) is 1.86. The number of carbonyl (C=O) groups excluding carboxylic acids is 1. The first-order valence-electron chi connectivity index (χ1n) is 11.9. The summed E-state index contributed by atoms with van der Waals surface area (Å²) in [6, 6.07) is 21.3. The van der Waals surface area contributed by atoms with Gasteiger partial charge in [0.15, 0.2) is 0 Å². The molecule has 0 bridgehead atoms. The van der Waals surface area contributed by atoms with Crippen LogP contribution in [0.15, 0.2) is 104 Å². The highest BCUT2D eigenvalue weighted by Gasteiger charge is 2.35. The highest BCUT2D eigenvalue weighted by molar-refractivity contribution is 6.06. The molecule has 9 heteroatoms. The molecule has 0 aliphatic carbocycles. The monoisotopic (exact) mass is 526 g/mol. The molecular weight excluding hydrogens is 508 g/mol. The van der Waals surface area contributed by atoms with Crippen molar-refractivity contribution in [3.63, 3.8) is 0 Å². The van der Waals surface area contributed by atoms with E-state index < -0.39 is 29.0 Å². The molecule has 3 heterocycles.